The Kier molecular flexibility index (Phi) is 5.77. The average molecular weight is 647 g/mol. The lowest BCUT2D eigenvalue weighted by atomic mass is 9.96. The molecule has 0 radical (unpaired) electrons. The van der Waals surface area contributed by atoms with Gasteiger partial charge in [-0.15, -0.1) is 0 Å². The summed E-state index contributed by atoms with van der Waals surface area (Å²) in [6.45, 7) is 0. The third kappa shape index (κ3) is 3.66. The Morgan fingerprint density at radius 1 is 0.660 bits per heavy atom. The fourth-order valence-electron chi connectivity index (χ4n) is 8.94. The molecule has 2 aliphatic carbocycles. The maximum atomic E-state index is 6.96. The number of furan rings is 1. The van der Waals surface area contributed by atoms with E-state index >= 15 is 0 Å². The van der Waals surface area contributed by atoms with E-state index in [1.54, 1.807) is 0 Å². The van der Waals surface area contributed by atoms with Crippen LogP contribution in [0.4, 0.5) is 0 Å². The van der Waals surface area contributed by atoms with E-state index in [0.717, 1.165) is 46.1 Å². The van der Waals surface area contributed by atoms with E-state index in [4.69, 9.17) is 4.42 Å². The van der Waals surface area contributed by atoms with Crippen LogP contribution in [0.15, 0.2) is 150 Å². The van der Waals surface area contributed by atoms with Crippen molar-refractivity contribution in [3.63, 3.8) is 0 Å². The van der Waals surface area contributed by atoms with Crippen molar-refractivity contribution >= 4 is 82.8 Å². The third-order valence-electron chi connectivity index (χ3n) is 11.0. The predicted octanol–water partition coefficient (Wildman–Crippen LogP) is 10.7. The van der Waals surface area contributed by atoms with E-state index in [2.05, 4.69) is 172 Å². The van der Waals surface area contributed by atoms with Gasteiger partial charge < -0.3 is 19.2 Å². The molecule has 5 aromatic carbocycles. The van der Waals surface area contributed by atoms with Crippen LogP contribution in [0.5, 0.6) is 0 Å². The summed E-state index contributed by atoms with van der Waals surface area (Å²) in [4.78, 5) is 2.46. The Morgan fingerprint density at radius 2 is 1.34 bits per heavy atom. The highest BCUT2D eigenvalue weighted by molar-refractivity contribution is 6.39. The van der Waals surface area contributed by atoms with Crippen LogP contribution in [-0.4, -0.2) is 33.2 Å². The van der Waals surface area contributed by atoms with Crippen LogP contribution < -0.4 is 5.32 Å². The molecule has 0 fully saturated rings. The van der Waals surface area contributed by atoms with Crippen LogP contribution in [0.2, 0.25) is 0 Å². The molecule has 0 bridgehead atoms. The Morgan fingerprint density at radius 3 is 2.14 bits per heavy atom. The number of hydrogen-bond acceptors (Lipinski definition) is 3. The Bertz CT molecular complexity index is 2870. The Balaban J connectivity index is 1.44. The fourth-order valence-corrected chi connectivity index (χ4v) is 8.94. The van der Waals surface area contributed by atoms with Crippen molar-refractivity contribution in [2.75, 3.05) is 7.05 Å². The first-order chi connectivity index (χ1) is 24.8. The minimum atomic E-state index is 0.106. The van der Waals surface area contributed by atoms with Crippen LogP contribution in [0.25, 0.3) is 82.8 Å². The molecular formula is C45H34N4O. The van der Waals surface area contributed by atoms with Crippen molar-refractivity contribution in [1.29, 1.82) is 0 Å². The largest absolute Gasteiger partial charge is 0.455 e. The molecule has 1 aliphatic heterocycles. The smallest absolute Gasteiger partial charge is 0.146 e. The molecule has 2 atom stereocenters. The van der Waals surface area contributed by atoms with Crippen LogP contribution in [-0.2, 0) is 0 Å². The molecule has 3 aromatic heterocycles. The number of nitrogens with one attached hydrogen (secondary N) is 1. The summed E-state index contributed by atoms with van der Waals surface area (Å²) in [5.74, 6) is 1.08. The quantitative estimate of drug-likeness (QED) is 0.208. The molecule has 8 aromatic rings. The third-order valence-corrected chi connectivity index (χ3v) is 11.0. The number of allylic oxidation sites excluding steroid dienone is 6. The topological polar surface area (TPSA) is 38.3 Å². The minimum absolute atomic E-state index is 0.106. The van der Waals surface area contributed by atoms with Crippen LogP contribution in [0.3, 0.4) is 0 Å². The zero-order chi connectivity index (χ0) is 32.9. The van der Waals surface area contributed by atoms with Crippen molar-refractivity contribution < 1.29 is 4.42 Å². The van der Waals surface area contributed by atoms with Crippen molar-refractivity contribution in [3.05, 3.63) is 151 Å². The van der Waals surface area contributed by atoms with Gasteiger partial charge in [0.15, 0.2) is 0 Å². The van der Waals surface area contributed by atoms with Gasteiger partial charge in [0.25, 0.3) is 0 Å². The average Bonchev–Trinajstić information content (AvgIpc) is 3.83. The molecule has 0 amide bonds. The fraction of sp³-hybridized carbons (Fsp3) is 0.111. The second-order valence-electron chi connectivity index (χ2n) is 13.7. The number of benzene rings is 5. The zero-order valence-electron chi connectivity index (χ0n) is 27.7. The maximum Gasteiger partial charge on any atom is 0.146 e. The number of nitrogens with zero attached hydrogens (tertiary/aromatic N) is 3. The summed E-state index contributed by atoms with van der Waals surface area (Å²) in [6.07, 6.45) is 17.7. The summed E-state index contributed by atoms with van der Waals surface area (Å²) in [5.41, 5.74) is 10.2. The van der Waals surface area contributed by atoms with Crippen LogP contribution in [0, 0.1) is 0 Å². The van der Waals surface area contributed by atoms with Gasteiger partial charge in [-0.2, -0.15) is 0 Å². The summed E-state index contributed by atoms with van der Waals surface area (Å²) in [5, 5.41) is 11.2. The molecule has 0 saturated carbocycles. The van der Waals surface area contributed by atoms with Crippen molar-refractivity contribution in [2.45, 2.75) is 24.9 Å². The van der Waals surface area contributed by atoms with Crippen molar-refractivity contribution in [3.8, 4) is 0 Å². The predicted molar refractivity (Wildman–Crippen MR) is 209 cm³/mol. The molecule has 50 heavy (non-hydrogen) atoms. The van der Waals surface area contributed by atoms with Gasteiger partial charge in [-0.25, -0.2) is 0 Å². The SMILES string of the molecule is CN1C(c2ccccc2)=C(n2c3ccccc3c3c4c5ccccc5oc4c4c5ccccc5n(C5=CC=CCC5)c4c32)NC2C=CC=CC21. The normalized spacial score (nSPS) is 19.1. The molecule has 0 saturated heterocycles. The van der Waals surface area contributed by atoms with E-state index in [9.17, 15) is 0 Å². The van der Waals surface area contributed by atoms with Crippen LogP contribution >= 0.6 is 0 Å². The molecule has 4 heterocycles. The number of rotatable bonds is 3. The number of hydrogen-bond donors (Lipinski definition) is 1. The van der Waals surface area contributed by atoms with Crippen LogP contribution in [0.1, 0.15) is 18.4 Å². The van der Waals surface area contributed by atoms with E-state index in [1.807, 2.05) is 0 Å². The standard InChI is InChI=1S/C45H34N4O/c1-47-36-26-14-11-23-33(36)46-45(41(47)28-16-4-2-5-17-28)49-35-25-13-8-20-30(35)38-39-32-22-10-15-27-37(32)50-44(39)40-31-21-9-12-24-34(31)48(43(40)42(38)49)29-18-6-3-7-19-29/h2-6,8-18,20-27,33,36,46H,7,19H2,1H3. The lowest BCUT2D eigenvalue weighted by Gasteiger charge is -2.43. The summed E-state index contributed by atoms with van der Waals surface area (Å²) in [7, 11) is 2.24. The van der Waals surface area contributed by atoms with Crippen molar-refractivity contribution in [2.24, 2.45) is 0 Å². The number of fused-ring (bicyclic) bond motifs is 13. The first-order valence-electron chi connectivity index (χ1n) is 17.6. The maximum absolute atomic E-state index is 6.96. The molecule has 3 aliphatic rings. The Labute approximate surface area is 289 Å². The summed E-state index contributed by atoms with van der Waals surface area (Å²) < 4.78 is 12.0. The van der Waals surface area contributed by atoms with Gasteiger partial charge in [0, 0.05) is 45.2 Å². The molecule has 11 rings (SSSR count). The molecular weight excluding hydrogens is 613 g/mol. The van der Waals surface area contributed by atoms with E-state index < -0.39 is 0 Å². The molecule has 5 heteroatoms. The van der Waals surface area contributed by atoms with Gasteiger partial charge >= 0.3 is 0 Å². The van der Waals surface area contributed by atoms with Gasteiger partial charge in [0.1, 0.15) is 17.0 Å². The van der Waals surface area contributed by atoms with Gasteiger partial charge in [0.2, 0.25) is 0 Å². The summed E-state index contributed by atoms with van der Waals surface area (Å²) in [6, 6.07) is 37.4. The van der Waals surface area contributed by atoms with Gasteiger partial charge in [-0.1, -0.05) is 121 Å². The lowest BCUT2D eigenvalue weighted by Crippen LogP contribution is -2.51. The number of para-hydroxylation sites is 3. The van der Waals surface area contributed by atoms with E-state index in [0.29, 0.717) is 0 Å². The van der Waals surface area contributed by atoms with Gasteiger partial charge in [0.05, 0.1) is 45.2 Å². The highest BCUT2D eigenvalue weighted by atomic mass is 16.3. The van der Waals surface area contributed by atoms with Crippen molar-refractivity contribution in [1.82, 2.24) is 19.4 Å². The van der Waals surface area contributed by atoms with E-state index in [-0.39, 0.29) is 12.1 Å². The molecule has 0 spiro atoms. The van der Waals surface area contributed by atoms with Gasteiger partial charge in [-0.3, -0.25) is 4.57 Å². The molecule has 5 nitrogen and oxygen atoms in total. The van der Waals surface area contributed by atoms with E-state index in [1.165, 1.54) is 55.1 Å². The lowest BCUT2D eigenvalue weighted by molar-refractivity contribution is 0.339. The highest BCUT2D eigenvalue weighted by Crippen LogP contribution is 2.50. The number of likely N-dealkylation sites (N-methyl/N-ethyl adjacent to an activating group) is 1. The molecule has 240 valence electrons. The minimum Gasteiger partial charge on any atom is -0.455 e. The second-order valence-corrected chi connectivity index (χ2v) is 13.7. The first kappa shape index (κ1) is 27.7. The monoisotopic (exact) mass is 646 g/mol. The Hall–Kier alpha value is -6.20. The molecule has 1 N–H and O–H groups in total. The molecule has 2 unspecified atom stereocenters. The highest BCUT2D eigenvalue weighted by Gasteiger charge is 2.36. The first-order valence-corrected chi connectivity index (χ1v) is 17.6. The second kappa shape index (κ2) is 10.4. The zero-order valence-corrected chi connectivity index (χ0v) is 27.7. The van der Waals surface area contributed by atoms with Gasteiger partial charge in [-0.05, 0) is 37.1 Å². The summed E-state index contributed by atoms with van der Waals surface area (Å²) >= 11 is 0. The number of aromatic nitrogens is 2.